The summed E-state index contributed by atoms with van der Waals surface area (Å²) in [7, 11) is -2.14. The molecule has 1 amide bonds. The molecule has 1 aromatic rings. The lowest BCUT2D eigenvalue weighted by molar-refractivity contribution is -0.146. The number of nitrogens with one attached hydrogen (secondary N) is 2. The van der Waals surface area contributed by atoms with E-state index in [1.807, 2.05) is 0 Å². The van der Waals surface area contributed by atoms with Crippen LogP contribution in [0.1, 0.15) is 19.5 Å². The van der Waals surface area contributed by atoms with Crippen LogP contribution in [0, 0.1) is 5.92 Å². The number of carbonyl (C=O) groups excluding carboxylic acids is 2. The SMILES string of the molecule is COC(=O)C(NC(=O)Cc1csc(NS(C)(=O)=O)n1)C(C)C. The number of hydrogen-bond acceptors (Lipinski definition) is 7. The van der Waals surface area contributed by atoms with Gasteiger partial charge < -0.3 is 10.1 Å². The second-order valence-electron chi connectivity index (χ2n) is 5.01. The summed E-state index contributed by atoms with van der Waals surface area (Å²) in [5.41, 5.74) is 0.418. The van der Waals surface area contributed by atoms with Crippen LogP contribution in [0.15, 0.2) is 5.38 Å². The molecule has 22 heavy (non-hydrogen) atoms. The molecule has 0 radical (unpaired) electrons. The molecule has 0 aromatic carbocycles. The first-order chi connectivity index (χ1) is 10.1. The summed E-state index contributed by atoms with van der Waals surface area (Å²) in [5.74, 6) is -1.02. The number of thiazole rings is 1. The third kappa shape index (κ3) is 5.98. The van der Waals surface area contributed by atoms with Gasteiger partial charge in [-0.05, 0) is 5.92 Å². The quantitative estimate of drug-likeness (QED) is 0.688. The summed E-state index contributed by atoms with van der Waals surface area (Å²) >= 11 is 1.08. The Balaban J connectivity index is 2.67. The van der Waals surface area contributed by atoms with Crippen LogP contribution in [-0.4, -0.2) is 44.7 Å². The molecule has 8 nitrogen and oxygen atoms in total. The molecule has 0 spiro atoms. The summed E-state index contributed by atoms with van der Waals surface area (Å²) in [6, 6.07) is -0.732. The van der Waals surface area contributed by atoms with Gasteiger partial charge in [0.2, 0.25) is 15.9 Å². The van der Waals surface area contributed by atoms with Gasteiger partial charge in [0.25, 0.3) is 0 Å². The van der Waals surface area contributed by atoms with Crippen molar-refractivity contribution < 1.29 is 22.7 Å². The number of esters is 1. The molecule has 10 heteroatoms. The number of nitrogens with zero attached hydrogens (tertiary/aromatic N) is 1. The van der Waals surface area contributed by atoms with Crippen molar-refractivity contribution in [1.82, 2.24) is 10.3 Å². The van der Waals surface area contributed by atoms with Crippen molar-refractivity contribution in [3.8, 4) is 0 Å². The molecular formula is C12H19N3O5S2. The van der Waals surface area contributed by atoms with Crippen molar-refractivity contribution in [3.05, 3.63) is 11.1 Å². The van der Waals surface area contributed by atoms with Gasteiger partial charge in [-0.2, -0.15) is 0 Å². The van der Waals surface area contributed by atoms with Crippen LogP contribution in [0.25, 0.3) is 0 Å². The zero-order chi connectivity index (χ0) is 16.9. The van der Waals surface area contributed by atoms with Gasteiger partial charge >= 0.3 is 5.97 Å². The van der Waals surface area contributed by atoms with Crippen LogP contribution in [0.2, 0.25) is 0 Å². The lowest BCUT2D eigenvalue weighted by Gasteiger charge is -2.19. The summed E-state index contributed by atoms with van der Waals surface area (Å²) in [5, 5.41) is 4.36. The maximum Gasteiger partial charge on any atom is 0.328 e. The maximum absolute atomic E-state index is 11.9. The third-order valence-electron chi connectivity index (χ3n) is 2.60. The van der Waals surface area contributed by atoms with Gasteiger partial charge in [-0.25, -0.2) is 18.2 Å². The molecule has 1 unspecified atom stereocenters. The molecule has 0 aliphatic carbocycles. The molecule has 1 rings (SSSR count). The molecule has 1 heterocycles. The normalized spacial score (nSPS) is 12.8. The van der Waals surface area contributed by atoms with Crippen molar-refractivity contribution in [2.45, 2.75) is 26.3 Å². The van der Waals surface area contributed by atoms with E-state index in [-0.39, 0.29) is 23.4 Å². The Morgan fingerprint density at radius 1 is 1.41 bits per heavy atom. The highest BCUT2D eigenvalue weighted by Crippen LogP contribution is 2.17. The Kier molecular flexibility index (Phi) is 6.30. The van der Waals surface area contributed by atoms with Gasteiger partial charge in [0.05, 0.1) is 25.5 Å². The standard InChI is InChI=1S/C12H19N3O5S2/c1-7(2)10(11(17)20-3)14-9(16)5-8-6-21-12(13-8)15-22(4,18)19/h6-7,10H,5H2,1-4H3,(H,13,15)(H,14,16). The minimum atomic E-state index is -3.40. The summed E-state index contributed by atoms with van der Waals surface area (Å²) in [6.45, 7) is 3.58. The second-order valence-corrected chi connectivity index (χ2v) is 7.61. The van der Waals surface area contributed by atoms with Crippen LogP contribution < -0.4 is 10.0 Å². The fourth-order valence-corrected chi connectivity index (χ4v) is 3.17. The molecule has 2 N–H and O–H groups in total. The number of amides is 1. The van der Waals surface area contributed by atoms with Gasteiger partial charge in [-0.3, -0.25) is 9.52 Å². The topological polar surface area (TPSA) is 114 Å². The maximum atomic E-state index is 11.9. The van der Waals surface area contributed by atoms with Crippen LogP contribution in [0.3, 0.4) is 0 Å². The second kappa shape index (κ2) is 7.54. The summed E-state index contributed by atoms with van der Waals surface area (Å²) < 4.78 is 29.0. The predicted molar refractivity (Wildman–Crippen MR) is 83.1 cm³/mol. The highest BCUT2D eigenvalue weighted by Gasteiger charge is 2.25. The smallest absolute Gasteiger partial charge is 0.328 e. The van der Waals surface area contributed by atoms with E-state index >= 15 is 0 Å². The zero-order valence-electron chi connectivity index (χ0n) is 12.7. The fraction of sp³-hybridized carbons (Fsp3) is 0.583. The van der Waals surface area contributed by atoms with Crippen molar-refractivity contribution >= 4 is 38.4 Å². The van der Waals surface area contributed by atoms with E-state index in [2.05, 4.69) is 19.8 Å². The molecule has 0 bridgehead atoms. The van der Waals surface area contributed by atoms with Crippen LogP contribution in [0.5, 0.6) is 0 Å². The number of ether oxygens (including phenoxy) is 1. The van der Waals surface area contributed by atoms with Gasteiger partial charge in [-0.1, -0.05) is 13.8 Å². The Hall–Kier alpha value is -1.68. The third-order valence-corrected chi connectivity index (χ3v) is 4.10. The van der Waals surface area contributed by atoms with Gasteiger partial charge in [0, 0.05) is 5.38 Å². The molecule has 0 aliphatic rings. The van der Waals surface area contributed by atoms with E-state index in [0.717, 1.165) is 17.6 Å². The summed E-state index contributed by atoms with van der Waals surface area (Å²) in [6.07, 6.45) is 0.965. The molecule has 124 valence electrons. The predicted octanol–water partition coefficient (Wildman–Crippen LogP) is 0.371. The van der Waals surface area contributed by atoms with Crippen LogP contribution in [0.4, 0.5) is 5.13 Å². The molecular weight excluding hydrogens is 330 g/mol. The highest BCUT2D eigenvalue weighted by atomic mass is 32.2. The average molecular weight is 349 g/mol. The van der Waals surface area contributed by atoms with Gasteiger partial charge in [-0.15, -0.1) is 11.3 Å². The van der Waals surface area contributed by atoms with Crippen molar-refractivity contribution in [3.63, 3.8) is 0 Å². The first-order valence-corrected chi connectivity index (χ1v) is 9.19. The molecule has 0 aliphatic heterocycles. The first-order valence-electron chi connectivity index (χ1n) is 6.41. The van der Waals surface area contributed by atoms with Crippen LogP contribution in [-0.2, 0) is 30.8 Å². The molecule has 0 fully saturated rings. The Labute approximate surface area is 133 Å². The number of aromatic nitrogens is 1. The number of sulfonamides is 1. The Bertz CT molecular complexity index is 639. The molecule has 1 atom stereocenters. The van der Waals surface area contributed by atoms with E-state index < -0.39 is 22.0 Å². The molecule has 1 aromatic heterocycles. The number of rotatable bonds is 7. The first kappa shape index (κ1) is 18.4. The van der Waals surface area contributed by atoms with Crippen LogP contribution >= 0.6 is 11.3 Å². The van der Waals surface area contributed by atoms with Crippen molar-refractivity contribution in [2.24, 2.45) is 5.92 Å². The monoisotopic (exact) mass is 349 g/mol. The van der Waals surface area contributed by atoms with E-state index in [0.29, 0.717) is 5.69 Å². The van der Waals surface area contributed by atoms with E-state index in [1.54, 1.807) is 19.2 Å². The lowest BCUT2D eigenvalue weighted by atomic mass is 10.0. The highest BCUT2D eigenvalue weighted by molar-refractivity contribution is 7.92. The number of anilines is 1. The van der Waals surface area contributed by atoms with E-state index in [9.17, 15) is 18.0 Å². The zero-order valence-corrected chi connectivity index (χ0v) is 14.4. The van der Waals surface area contributed by atoms with Crippen molar-refractivity contribution in [1.29, 1.82) is 0 Å². The minimum Gasteiger partial charge on any atom is -0.467 e. The van der Waals surface area contributed by atoms with E-state index in [4.69, 9.17) is 0 Å². The Morgan fingerprint density at radius 2 is 2.05 bits per heavy atom. The minimum absolute atomic E-state index is 0.0534. The van der Waals surface area contributed by atoms with Gasteiger partial charge in [0.1, 0.15) is 6.04 Å². The Morgan fingerprint density at radius 3 is 2.55 bits per heavy atom. The number of methoxy groups -OCH3 is 1. The molecule has 0 saturated heterocycles. The van der Waals surface area contributed by atoms with Crippen molar-refractivity contribution in [2.75, 3.05) is 18.1 Å². The number of carbonyl (C=O) groups is 2. The largest absolute Gasteiger partial charge is 0.467 e. The van der Waals surface area contributed by atoms with Gasteiger partial charge in [0.15, 0.2) is 5.13 Å². The average Bonchev–Trinajstić information content (AvgIpc) is 2.79. The molecule has 0 saturated carbocycles. The fourth-order valence-electron chi connectivity index (χ4n) is 1.61. The van der Waals surface area contributed by atoms with E-state index in [1.165, 1.54) is 7.11 Å². The number of hydrogen-bond donors (Lipinski definition) is 2. The summed E-state index contributed by atoms with van der Waals surface area (Å²) in [4.78, 5) is 27.5. The lowest BCUT2D eigenvalue weighted by Crippen LogP contribution is -2.45.